The van der Waals surface area contributed by atoms with Crippen LogP contribution < -0.4 is 14.8 Å². The van der Waals surface area contributed by atoms with Crippen LogP contribution in [0.15, 0.2) is 46.8 Å². The summed E-state index contributed by atoms with van der Waals surface area (Å²) in [6.07, 6.45) is 0.719. The molecule has 0 fully saturated rings. The molecule has 0 saturated heterocycles. The van der Waals surface area contributed by atoms with Crippen LogP contribution in [0.1, 0.15) is 13.3 Å². The van der Waals surface area contributed by atoms with Gasteiger partial charge in [-0.05, 0) is 30.7 Å². The lowest BCUT2D eigenvalue weighted by Crippen LogP contribution is -2.24. The Labute approximate surface area is 153 Å². The third-order valence-corrected chi connectivity index (χ3v) is 6.32. The van der Waals surface area contributed by atoms with Crippen LogP contribution in [-0.2, 0) is 4.79 Å². The second kappa shape index (κ2) is 6.93. The summed E-state index contributed by atoms with van der Waals surface area (Å²) >= 11 is 3.12. The van der Waals surface area contributed by atoms with Gasteiger partial charge in [0.2, 0.25) is 12.7 Å². The molecule has 4 rings (SSSR count). The SMILES string of the molecule is CCC(Sc1nc2ccccc2s1)C(=O)Nc1ccc2c(c1)OCO2. The predicted molar refractivity (Wildman–Crippen MR) is 101 cm³/mol. The van der Waals surface area contributed by atoms with Crippen molar-refractivity contribution in [3.8, 4) is 11.5 Å². The number of hydrogen-bond acceptors (Lipinski definition) is 6. The molecule has 7 heteroatoms. The van der Waals surface area contributed by atoms with Gasteiger partial charge in [0.15, 0.2) is 15.8 Å². The molecule has 0 saturated carbocycles. The van der Waals surface area contributed by atoms with Crippen molar-refractivity contribution in [2.75, 3.05) is 12.1 Å². The fourth-order valence-corrected chi connectivity index (χ4v) is 4.78. The lowest BCUT2D eigenvalue weighted by molar-refractivity contribution is -0.115. The monoisotopic (exact) mass is 372 g/mol. The van der Waals surface area contributed by atoms with Gasteiger partial charge in [-0.3, -0.25) is 4.79 Å². The van der Waals surface area contributed by atoms with Gasteiger partial charge in [0.25, 0.3) is 0 Å². The number of ether oxygens (including phenoxy) is 2. The van der Waals surface area contributed by atoms with Crippen molar-refractivity contribution in [3.63, 3.8) is 0 Å². The number of amides is 1. The highest BCUT2D eigenvalue weighted by Crippen LogP contribution is 2.36. The molecule has 0 bridgehead atoms. The number of fused-ring (bicyclic) bond motifs is 2. The summed E-state index contributed by atoms with van der Waals surface area (Å²) < 4.78 is 12.7. The zero-order valence-electron chi connectivity index (χ0n) is 13.5. The molecule has 3 aromatic rings. The van der Waals surface area contributed by atoms with E-state index in [9.17, 15) is 4.79 Å². The molecule has 1 unspecified atom stereocenters. The number of anilines is 1. The largest absolute Gasteiger partial charge is 0.454 e. The second-order valence-corrected chi connectivity index (χ2v) is 8.00. The number of aromatic nitrogens is 1. The highest BCUT2D eigenvalue weighted by atomic mass is 32.2. The van der Waals surface area contributed by atoms with E-state index in [1.165, 1.54) is 11.8 Å². The van der Waals surface area contributed by atoms with Crippen molar-refractivity contribution in [2.45, 2.75) is 22.9 Å². The molecular formula is C18H16N2O3S2. The quantitative estimate of drug-likeness (QED) is 0.667. The maximum atomic E-state index is 12.6. The Morgan fingerprint density at radius 2 is 2.12 bits per heavy atom. The lowest BCUT2D eigenvalue weighted by Gasteiger charge is -2.13. The molecule has 128 valence electrons. The predicted octanol–water partition coefficient (Wildman–Crippen LogP) is 4.53. The summed E-state index contributed by atoms with van der Waals surface area (Å²) in [6, 6.07) is 13.4. The van der Waals surface area contributed by atoms with Crippen LogP contribution in [0, 0.1) is 0 Å². The molecule has 0 radical (unpaired) electrons. The first kappa shape index (κ1) is 16.2. The number of thioether (sulfide) groups is 1. The van der Waals surface area contributed by atoms with E-state index >= 15 is 0 Å². The van der Waals surface area contributed by atoms with Gasteiger partial charge in [-0.15, -0.1) is 11.3 Å². The number of carbonyl (C=O) groups excluding carboxylic acids is 1. The lowest BCUT2D eigenvalue weighted by atomic mass is 10.2. The van der Waals surface area contributed by atoms with Gasteiger partial charge < -0.3 is 14.8 Å². The Balaban J connectivity index is 1.47. The number of rotatable bonds is 5. The number of nitrogens with zero attached hydrogens (tertiary/aromatic N) is 1. The second-order valence-electron chi connectivity index (χ2n) is 5.52. The minimum Gasteiger partial charge on any atom is -0.454 e. The Bertz CT molecular complexity index is 893. The van der Waals surface area contributed by atoms with E-state index in [0.29, 0.717) is 17.2 Å². The van der Waals surface area contributed by atoms with Crippen molar-refractivity contribution in [1.82, 2.24) is 4.98 Å². The summed E-state index contributed by atoms with van der Waals surface area (Å²) in [4.78, 5) is 17.2. The molecule has 2 heterocycles. The van der Waals surface area contributed by atoms with Crippen molar-refractivity contribution >= 4 is 44.9 Å². The Morgan fingerprint density at radius 1 is 1.28 bits per heavy atom. The zero-order chi connectivity index (χ0) is 17.2. The van der Waals surface area contributed by atoms with Crippen LogP contribution in [0.2, 0.25) is 0 Å². The van der Waals surface area contributed by atoms with E-state index in [2.05, 4.69) is 10.3 Å². The summed E-state index contributed by atoms with van der Waals surface area (Å²) in [5, 5.41) is 2.76. The van der Waals surface area contributed by atoms with Gasteiger partial charge in [-0.1, -0.05) is 30.8 Å². The van der Waals surface area contributed by atoms with Crippen LogP contribution >= 0.6 is 23.1 Å². The first-order valence-corrected chi connectivity index (χ1v) is 9.65. The maximum absolute atomic E-state index is 12.6. The zero-order valence-corrected chi connectivity index (χ0v) is 15.2. The number of hydrogen-bond donors (Lipinski definition) is 1. The van der Waals surface area contributed by atoms with Crippen molar-refractivity contribution < 1.29 is 14.3 Å². The molecule has 1 aliphatic rings. The van der Waals surface area contributed by atoms with Crippen LogP contribution in [-0.4, -0.2) is 22.9 Å². The van der Waals surface area contributed by atoms with E-state index in [1.807, 2.05) is 37.3 Å². The number of carbonyl (C=O) groups is 1. The number of nitrogens with one attached hydrogen (secondary N) is 1. The van der Waals surface area contributed by atoms with E-state index in [0.717, 1.165) is 21.0 Å². The van der Waals surface area contributed by atoms with Gasteiger partial charge in [-0.25, -0.2) is 4.98 Å². The van der Waals surface area contributed by atoms with E-state index in [1.54, 1.807) is 23.5 Å². The average Bonchev–Trinajstić information content (AvgIpc) is 3.24. The van der Waals surface area contributed by atoms with Crippen molar-refractivity contribution in [1.29, 1.82) is 0 Å². The molecule has 1 atom stereocenters. The third kappa shape index (κ3) is 3.43. The summed E-state index contributed by atoms with van der Waals surface area (Å²) in [7, 11) is 0. The Kier molecular flexibility index (Phi) is 4.50. The van der Waals surface area contributed by atoms with Gasteiger partial charge >= 0.3 is 0 Å². The first-order chi connectivity index (χ1) is 12.2. The Hall–Kier alpha value is -2.25. The summed E-state index contributed by atoms with van der Waals surface area (Å²) in [5.74, 6) is 1.32. The molecule has 1 N–H and O–H groups in total. The molecule has 1 amide bonds. The van der Waals surface area contributed by atoms with Crippen LogP contribution in [0.5, 0.6) is 11.5 Å². The molecule has 0 spiro atoms. The minimum absolute atomic E-state index is 0.0365. The van der Waals surface area contributed by atoms with Gasteiger partial charge in [0, 0.05) is 11.8 Å². The highest BCUT2D eigenvalue weighted by molar-refractivity contribution is 8.02. The Morgan fingerprint density at radius 3 is 2.96 bits per heavy atom. The van der Waals surface area contributed by atoms with Gasteiger partial charge in [0.1, 0.15) is 0 Å². The fourth-order valence-electron chi connectivity index (χ4n) is 2.54. The van der Waals surface area contributed by atoms with Crippen molar-refractivity contribution in [2.24, 2.45) is 0 Å². The number of benzene rings is 2. The number of thiazole rings is 1. The normalized spacial score (nSPS) is 13.8. The molecule has 2 aromatic carbocycles. The molecule has 0 aliphatic carbocycles. The molecule has 5 nitrogen and oxygen atoms in total. The summed E-state index contributed by atoms with van der Waals surface area (Å²) in [6.45, 7) is 2.22. The standard InChI is InChI=1S/C18H16N2O3S2/c1-2-15(24-18-20-12-5-3-4-6-16(12)25-18)17(21)19-11-7-8-13-14(9-11)23-10-22-13/h3-9,15H,2,10H2,1H3,(H,19,21). The maximum Gasteiger partial charge on any atom is 0.237 e. The van der Waals surface area contributed by atoms with E-state index in [4.69, 9.17) is 9.47 Å². The smallest absolute Gasteiger partial charge is 0.237 e. The van der Waals surface area contributed by atoms with Gasteiger partial charge in [-0.2, -0.15) is 0 Å². The molecule has 25 heavy (non-hydrogen) atoms. The minimum atomic E-state index is -0.203. The van der Waals surface area contributed by atoms with E-state index < -0.39 is 0 Å². The first-order valence-electron chi connectivity index (χ1n) is 7.95. The van der Waals surface area contributed by atoms with E-state index in [-0.39, 0.29) is 18.0 Å². The van der Waals surface area contributed by atoms with Gasteiger partial charge in [0.05, 0.1) is 15.5 Å². The molecule has 1 aromatic heterocycles. The van der Waals surface area contributed by atoms with Crippen LogP contribution in [0.3, 0.4) is 0 Å². The van der Waals surface area contributed by atoms with Crippen LogP contribution in [0.25, 0.3) is 10.2 Å². The van der Waals surface area contributed by atoms with Crippen LogP contribution in [0.4, 0.5) is 5.69 Å². The topological polar surface area (TPSA) is 60.5 Å². The highest BCUT2D eigenvalue weighted by Gasteiger charge is 2.21. The fraction of sp³-hybridized carbons (Fsp3) is 0.222. The summed E-state index contributed by atoms with van der Waals surface area (Å²) in [5.41, 5.74) is 1.68. The average molecular weight is 372 g/mol. The third-order valence-electron chi connectivity index (χ3n) is 3.82. The van der Waals surface area contributed by atoms with Crippen molar-refractivity contribution in [3.05, 3.63) is 42.5 Å². The number of para-hydroxylation sites is 1. The molecule has 1 aliphatic heterocycles. The molecular weight excluding hydrogens is 356 g/mol.